The van der Waals surface area contributed by atoms with Crippen LogP contribution in [0.15, 0.2) is 60.7 Å². The normalized spacial score (nSPS) is 19.6. The van der Waals surface area contributed by atoms with Crippen LogP contribution in [0, 0.1) is 5.92 Å². The zero-order valence-electron chi connectivity index (χ0n) is 20.9. The third kappa shape index (κ3) is 7.58. The summed E-state index contributed by atoms with van der Waals surface area (Å²) in [5, 5.41) is 0. The van der Waals surface area contributed by atoms with Crippen molar-refractivity contribution >= 4 is 6.09 Å². The highest BCUT2D eigenvalue weighted by molar-refractivity contribution is 5.68. The molecule has 0 aliphatic carbocycles. The van der Waals surface area contributed by atoms with Gasteiger partial charge in [0.25, 0.3) is 0 Å². The van der Waals surface area contributed by atoms with Gasteiger partial charge in [-0.25, -0.2) is 4.79 Å². The van der Waals surface area contributed by atoms with Crippen molar-refractivity contribution in [3.8, 4) is 0 Å². The van der Waals surface area contributed by atoms with Gasteiger partial charge in [-0.15, -0.1) is 0 Å². The van der Waals surface area contributed by atoms with Gasteiger partial charge in [-0.05, 0) is 44.2 Å². The molecule has 0 N–H and O–H groups in total. The van der Waals surface area contributed by atoms with Crippen LogP contribution in [0.1, 0.15) is 52.2 Å². The Balaban J connectivity index is 1.83. The summed E-state index contributed by atoms with van der Waals surface area (Å²) in [5.74, 6) is 0.460. The zero-order valence-corrected chi connectivity index (χ0v) is 20.9. The van der Waals surface area contributed by atoms with Gasteiger partial charge in [0, 0.05) is 26.2 Å². The number of hydrogen-bond donors (Lipinski definition) is 0. The summed E-state index contributed by atoms with van der Waals surface area (Å²) in [4.78, 5) is 17.4. The van der Waals surface area contributed by atoms with Gasteiger partial charge < -0.3 is 14.4 Å². The fraction of sp³-hybridized carbons (Fsp3) is 0.536. The molecule has 2 aromatic rings. The average molecular weight is 453 g/mol. The van der Waals surface area contributed by atoms with E-state index in [9.17, 15) is 4.79 Å². The SMILES string of the molecule is CC(C)C[C@]1(COCc2ccccc2)CN(C(=O)OC(C)(C)C)CCN1Cc1ccccc1. The summed E-state index contributed by atoms with van der Waals surface area (Å²) in [6, 6.07) is 20.8. The molecular formula is C28H40N2O3. The topological polar surface area (TPSA) is 42.0 Å². The van der Waals surface area contributed by atoms with Gasteiger partial charge in [-0.3, -0.25) is 4.90 Å². The molecule has 0 spiro atoms. The molecule has 33 heavy (non-hydrogen) atoms. The van der Waals surface area contributed by atoms with E-state index in [-0.39, 0.29) is 11.6 Å². The minimum atomic E-state index is -0.511. The monoisotopic (exact) mass is 452 g/mol. The Hall–Kier alpha value is -2.37. The van der Waals surface area contributed by atoms with E-state index in [2.05, 4.69) is 55.1 Å². The molecule has 1 amide bonds. The van der Waals surface area contributed by atoms with Crippen molar-refractivity contribution in [3.63, 3.8) is 0 Å². The van der Waals surface area contributed by atoms with Gasteiger partial charge in [0.05, 0.1) is 18.8 Å². The first kappa shape index (κ1) is 25.3. The maximum absolute atomic E-state index is 13.0. The first-order chi connectivity index (χ1) is 15.7. The number of hydrogen-bond acceptors (Lipinski definition) is 4. The van der Waals surface area contributed by atoms with Crippen molar-refractivity contribution in [2.45, 2.75) is 65.3 Å². The van der Waals surface area contributed by atoms with Crippen LogP contribution in [0.25, 0.3) is 0 Å². The Kier molecular flexibility index (Phi) is 8.55. The van der Waals surface area contributed by atoms with Gasteiger partial charge in [0.1, 0.15) is 5.60 Å². The number of piperazine rings is 1. The second kappa shape index (κ2) is 11.2. The molecule has 0 bridgehead atoms. The highest BCUT2D eigenvalue weighted by atomic mass is 16.6. The third-order valence-corrected chi connectivity index (χ3v) is 5.93. The highest BCUT2D eigenvalue weighted by Gasteiger charge is 2.44. The molecule has 5 nitrogen and oxygen atoms in total. The second-order valence-corrected chi connectivity index (χ2v) is 10.6. The number of ether oxygens (including phenoxy) is 2. The quantitative estimate of drug-likeness (QED) is 0.512. The molecule has 2 aromatic carbocycles. The van der Waals surface area contributed by atoms with Crippen molar-refractivity contribution in [3.05, 3.63) is 71.8 Å². The average Bonchev–Trinajstić information content (AvgIpc) is 2.75. The smallest absolute Gasteiger partial charge is 0.410 e. The van der Waals surface area contributed by atoms with Crippen molar-refractivity contribution in [2.24, 2.45) is 5.92 Å². The predicted molar refractivity (Wildman–Crippen MR) is 133 cm³/mol. The maximum Gasteiger partial charge on any atom is 0.410 e. The maximum atomic E-state index is 13.0. The van der Waals surface area contributed by atoms with E-state index in [1.165, 1.54) is 5.56 Å². The van der Waals surface area contributed by atoms with Crippen LogP contribution in [0.4, 0.5) is 4.79 Å². The molecule has 0 saturated carbocycles. The largest absolute Gasteiger partial charge is 0.444 e. The molecule has 1 heterocycles. The van der Waals surface area contributed by atoms with E-state index < -0.39 is 5.60 Å². The van der Waals surface area contributed by atoms with Gasteiger partial charge in [-0.1, -0.05) is 74.5 Å². The summed E-state index contributed by atoms with van der Waals surface area (Å²) >= 11 is 0. The molecule has 1 aliphatic heterocycles. The predicted octanol–water partition coefficient (Wildman–Crippen LogP) is 5.74. The molecule has 180 valence electrons. The summed E-state index contributed by atoms with van der Waals surface area (Å²) in [5.41, 5.74) is 1.64. The van der Waals surface area contributed by atoms with Gasteiger partial charge >= 0.3 is 6.09 Å². The first-order valence-corrected chi connectivity index (χ1v) is 12.1. The second-order valence-electron chi connectivity index (χ2n) is 10.6. The molecule has 3 rings (SSSR count). The number of amides is 1. The van der Waals surface area contributed by atoms with Crippen LogP contribution >= 0.6 is 0 Å². The number of benzene rings is 2. The van der Waals surface area contributed by atoms with Crippen LogP contribution in [0.5, 0.6) is 0 Å². The molecule has 5 heteroatoms. The van der Waals surface area contributed by atoms with Crippen LogP contribution in [0.2, 0.25) is 0 Å². The lowest BCUT2D eigenvalue weighted by atomic mass is 9.85. The minimum Gasteiger partial charge on any atom is -0.444 e. The Morgan fingerprint density at radius 2 is 1.58 bits per heavy atom. The lowest BCUT2D eigenvalue weighted by Gasteiger charge is -2.51. The van der Waals surface area contributed by atoms with E-state index in [0.717, 1.165) is 25.1 Å². The summed E-state index contributed by atoms with van der Waals surface area (Å²) in [6.07, 6.45) is 0.700. The first-order valence-electron chi connectivity index (χ1n) is 12.1. The van der Waals surface area contributed by atoms with Crippen molar-refractivity contribution < 1.29 is 14.3 Å². The standard InChI is InChI=1S/C28H40N2O3/c1-23(2)18-28(22-32-20-25-14-10-7-11-15-25)21-29(26(31)33-27(3,4)5)16-17-30(28)19-24-12-8-6-9-13-24/h6-15,23H,16-22H2,1-5H3/t28-/m1/s1. The highest BCUT2D eigenvalue weighted by Crippen LogP contribution is 2.32. The third-order valence-electron chi connectivity index (χ3n) is 5.93. The van der Waals surface area contributed by atoms with Gasteiger partial charge in [0.2, 0.25) is 0 Å². The van der Waals surface area contributed by atoms with Crippen molar-refractivity contribution in [1.82, 2.24) is 9.80 Å². The lowest BCUT2D eigenvalue weighted by Crippen LogP contribution is -2.65. The molecule has 1 saturated heterocycles. The van der Waals surface area contributed by atoms with Crippen LogP contribution in [-0.2, 0) is 22.6 Å². The fourth-order valence-corrected chi connectivity index (χ4v) is 4.63. The summed E-state index contributed by atoms with van der Waals surface area (Å²) in [6.45, 7) is 14.2. The molecule has 1 atom stereocenters. The molecule has 0 aromatic heterocycles. The van der Waals surface area contributed by atoms with Crippen molar-refractivity contribution in [2.75, 3.05) is 26.2 Å². The molecular weight excluding hydrogens is 412 g/mol. The van der Waals surface area contributed by atoms with Crippen LogP contribution in [-0.4, -0.2) is 53.3 Å². The summed E-state index contributed by atoms with van der Waals surface area (Å²) in [7, 11) is 0. The molecule has 1 aliphatic rings. The van der Waals surface area contributed by atoms with E-state index in [1.54, 1.807) is 0 Å². The molecule has 1 fully saturated rings. The van der Waals surface area contributed by atoms with Crippen LogP contribution < -0.4 is 0 Å². The summed E-state index contributed by atoms with van der Waals surface area (Å²) < 4.78 is 12.1. The van der Waals surface area contributed by atoms with Gasteiger partial charge in [0.15, 0.2) is 0 Å². The molecule has 0 unspecified atom stereocenters. The number of carbonyl (C=O) groups excluding carboxylic acids is 1. The minimum absolute atomic E-state index is 0.238. The molecule has 0 radical (unpaired) electrons. The lowest BCUT2D eigenvalue weighted by molar-refractivity contribution is -0.0792. The van der Waals surface area contributed by atoms with E-state index in [0.29, 0.717) is 32.2 Å². The Morgan fingerprint density at radius 1 is 0.970 bits per heavy atom. The Bertz CT molecular complexity index is 864. The Labute approximate surface area is 199 Å². The van der Waals surface area contributed by atoms with Crippen LogP contribution in [0.3, 0.4) is 0 Å². The Morgan fingerprint density at radius 3 is 2.15 bits per heavy atom. The van der Waals surface area contributed by atoms with Gasteiger partial charge in [-0.2, -0.15) is 0 Å². The van der Waals surface area contributed by atoms with E-state index in [1.807, 2.05) is 49.9 Å². The zero-order chi connectivity index (χ0) is 23.9. The number of nitrogens with zero attached hydrogens (tertiary/aromatic N) is 2. The van der Waals surface area contributed by atoms with Crippen molar-refractivity contribution in [1.29, 1.82) is 0 Å². The van der Waals surface area contributed by atoms with E-state index in [4.69, 9.17) is 9.47 Å². The fourth-order valence-electron chi connectivity index (χ4n) is 4.63. The number of carbonyl (C=O) groups is 1. The van der Waals surface area contributed by atoms with E-state index >= 15 is 0 Å². The number of rotatable bonds is 8.